The van der Waals surface area contributed by atoms with Crippen molar-refractivity contribution in [2.24, 2.45) is 5.92 Å². The van der Waals surface area contributed by atoms with Crippen LogP contribution >= 0.6 is 12.4 Å². The van der Waals surface area contributed by atoms with E-state index in [0.717, 1.165) is 19.5 Å². The molecule has 0 radical (unpaired) electrons. The molecule has 0 bridgehead atoms. The van der Waals surface area contributed by atoms with Crippen LogP contribution in [0.3, 0.4) is 0 Å². The Hall–Kier alpha value is -0.260. The number of rotatable bonds is 1. The normalized spacial score (nSPS) is 24.5. The van der Waals surface area contributed by atoms with Gasteiger partial charge in [0.2, 0.25) is 0 Å². The lowest BCUT2D eigenvalue weighted by Crippen LogP contribution is -2.29. The second kappa shape index (κ2) is 5.52. The second-order valence-corrected chi connectivity index (χ2v) is 2.57. The minimum atomic E-state index is 0. The molecular formula is C7H13ClN2. The second-order valence-electron chi connectivity index (χ2n) is 2.57. The minimum absolute atomic E-state index is 0. The lowest BCUT2D eigenvalue weighted by Gasteiger charge is -2.19. The molecule has 2 nitrogen and oxygen atoms in total. The highest BCUT2D eigenvalue weighted by atomic mass is 35.5. The Labute approximate surface area is 68.0 Å². The van der Waals surface area contributed by atoms with Crippen molar-refractivity contribution in [2.75, 3.05) is 13.1 Å². The minimum Gasteiger partial charge on any atom is -0.316 e. The van der Waals surface area contributed by atoms with Gasteiger partial charge >= 0.3 is 0 Å². The number of halogens is 1. The molecule has 0 unspecified atom stereocenters. The SMILES string of the molecule is Cl.N#CC[C@H]1CCCNC1. The molecule has 0 aromatic carbocycles. The van der Waals surface area contributed by atoms with Gasteiger partial charge in [-0.25, -0.2) is 0 Å². The van der Waals surface area contributed by atoms with Crippen molar-refractivity contribution in [3.63, 3.8) is 0 Å². The van der Waals surface area contributed by atoms with Gasteiger partial charge in [-0.05, 0) is 31.8 Å². The Morgan fingerprint density at radius 2 is 2.40 bits per heavy atom. The molecule has 0 aromatic heterocycles. The highest BCUT2D eigenvalue weighted by molar-refractivity contribution is 5.85. The van der Waals surface area contributed by atoms with E-state index in [2.05, 4.69) is 11.4 Å². The molecule has 1 atom stereocenters. The fourth-order valence-electron chi connectivity index (χ4n) is 1.23. The van der Waals surface area contributed by atoms with Crippen molar-refractivity contribution in [3.8, 4) is 6.07 Å². The number of nitrogens with one attached hydrogen (secondary N) is 1. The summed E-state index contributed by atoms with van der Waals surface area (Å²) in [5.41, 5.74) is 0. The average molecular weight is 161 g/mol. The van der Waals surface area contributed by atoms with Crippen LogP contribution in [0.4, 0.5) is 0 Å². The van der Waals surface area contributed by atoms with Gasteiger partial charge in [0.25, 0.3) is 0 Å². The van der Waals surface area contributed by atoms with Crippen LogP contribution in [-0.2, 0) is 0 Å². The molecule has 3 heteroatoms. The average Bonchev–Trinajstić information content (AvgIpc) is 1.91. The molecule has 0 aromatic rings. The molecule has 10 heavy (non-hydrogen) atoms. The summed E-state index contributed by atoms with van der Waals surface area (Å²) < 4.78 is 0. The van der Waals surface area contributed by atoms with Gasteiger partial charge in [0.1, 0.15) is 0 Å². The van der Waals surface area contributed by atoms with E-state index in [1.54, 1.807) is 0 Å². The van der Waals surface area contributed by atoms with Crippen molar-refractivity contribution in [1.82, 2.24) is 5.32 Å². The standard InChI is InChI=1S/C7H12N2.ClH/c8-4-3-7-2-1-5-9-6-7;/h7,9H,1-3,5-6H2;1H/t7-;/m1./s1. The van der Waals surface area contributed by atoms with E-state index in [1.807, 2.05) is 0 Å². The topological polar surface area (TPSA) is 35.8 Å². The van der Waals surface area contributed by atoms with Crippen molar-refractivity contribution >= 4 is 12.4 Å². The molecule has 1 aliphatic heterocycles. The Bertz CT molecular complexity index is 113. The van der Waals surface area contributed by atoms with Crippen LogP contribution in [0.1, 0.15) is 19.3 Å². The lowest BCUT2D eigenvalue weighted by molar-refractivity contribution is 0.383. The van der Waals surface area contributed by atoms with Gasteiger partial charge in [-0.15, -0.1) is 12.4 Å². The first-order valence-electron chi connectivity index (χ1n) is 3.51. The molecule has 0 spiro atoms. The third kappa shape index (κ3) is 3.05. The van der Waals surface area contributed by atoms with Crippen LogP contribution in [0.25, 0.3) is 0 Å². The van der Waals surface area contributed by atoms with Crippen LogP contribution in [-0.4, -0.2) is 13.1 Å². The van der Waals surface area contributed by atoms with E-state index in [4.69, 9.17) is 5.26 Å². The fraction of sp³-hybridized carbons (Fsp3) is 0.857. The zero-order valence-electron chi connectivity index (χ0n) is 5.97. The highest BCUT2D eigenvalue weighted by Gasteiger charge is 2.10. The molecule has 0 amide bonds. The van der Waals surface area contributed by atoms with Gasteiger partial charge in [-0.3, -0.25) is 0 Å². The summed E-state index contributed by atoms with van der Waals surface area (Å²) >= 11 is 0. The summed E-state index contributed by atoms with van der Waals surface area (Å²) in [4.78, 5) is 0. The number of hydrogen-bond donors (Lipinski definition) is 1. The van der Waals surface area contributed by atoms with Crippen LogP contribution in [0, 0.1) is 17.2 Å². The first-order chi connectivity index (χ1) is 4.43. The maximum Gasteiger partial charge on any atom is 0.0625 e. The predicted molar refractivity (Wildman–Crippen MR) is 43.1 cm³/mol. The van der Waals surface area contributed by atoms with E-state index in [-0.39, 0.29) is 12.4 Å². The fourth-order valence-corrected chi connectivity index (χ4v) is 1.23. The molecule has 0 aliphatic carbocycles. The third-order valence-electron chi connectivity index (χ3n) is 1.78. The van der Waals surface area contributed by atoms with Gasteiger partial charge in [0.15, 0.2) is 0 Å². The molecular weight excluding hydrogens is 148 g/mol. The van der Waals surface area contributed by atoms with Crippen molar-refractivity contribution in [3.05, 3.63) is 0 Å². The van der Waals surface area contributed by atoms with Crippen LogP contribution in [0.5, 0.6) is 0 Å². The monoisotopic (exact) mass is 160 g/mol. The first-order valence-corrected chi connectivity index (χ1v) is 3.51. The number of nitrogens with zero attached hydrogens (tertiary/aromatic N) is 1. The van der Waals surface area contributed by atoms with Gasteiger partial charge in [0, 0.05) is 6.42 Å². The van der Waals surface area contributed by atoms with E-state index in [9.17, 15) is 0 Å². The maximum absolute atomic E-state index is 8.34. The molecule has 1 saturated heterocycles. The van der Waals surface area contributed by atoms with E-state index < -0.39 is 0 Å². The van der Waals surface area contributed by atoms with Gasteiger partial charge in [0.05, 0.1) is 6.07 Å². The van der Waals surface area contributed by atoms with Crippen molar-refractivity contribution in [2.45, 2.75) is 19.3 Å². The molecule has 58 valence electrons. The zero-order chi connectivity index (χ0) is 6.53. The predicted octanol–water partition coefficient (Wildman–Crippen LogP) is 1.32. The Morgan fingerprint density at radius 3 is 2.90 bits per heavy atom. The molecule has 1 fully saturated rings. The molecule has 1 aliphatic rings. The van der Waals surface area contributed by atoms with Crippen molar-refractivity contribution in [1.29, 1.82) is 5.26 Å². The summed E-state index contributed by atoms with van der Waals surface area (Å²) in [7, 11) is 0. The Kier molecular flexibility index (Phi) is 5.38. The lowest BCUT2D eigenvalue weighted by atomic mass is 9.97. The summed E-state index contributed by atoms with van der Waals surface area (Å²) in [5, 5.41) is 11.6. The smallest absolute Gasteiger partial charge is 0.0625 e. The molecule has 1 rings (SSSR count). The largest absolute Gasteiger partial charge is 0.316 e. The molecule has 0 saturated carbocycles. The summed E-state index contributed by atoms with van der Waals surface area (Å²) in [6.07, 6.45) is 3.21. The van der Waals surface area contributed by atoms with E-state index in [0.29, 0.717) is 5.92 Å². The number of piperidine rings is 1. The number of nitriles is 1. The first kappa shape index (κ1) is 9.74. The molecule has 1 N–H and O–H groups in total. The zero-order valence-corrected chi connectivity index (χ0v) is 6.78. The highest BCUT2D eigenvalue weighted by Crippen LogP contribution is 2.12. The van der Waals surface area contributed by atoms with E-state index in [1.165, 1.54) is 12.8 Å². The van der Waals surface area contributed by atoms with Gasteiger partial charge < -0.3 is 5.32 Å². The third-order valence-corrected chi connectivity index (χ3v) is 1.78. The van der Waals surface area contributed by atoms with Crippen LogP contribution < -0.4 is 5.32 Å². The summed E-state index contributed by atoms with van der Waals surface area (Å²) in [6, 6.07) is 2.20. The maximum atomic E-state index is 8.34. The number of hydrogen-bond acceptors (Lipinski definition) is 2. The van der Waals surface area contributed by atoms with Crippen molar-refractivity contribution < 1.29 is 0 Å². The van der Waals surface area contributed by atoms with Crippen LogP contribution in [0.2, 0.25) is 0 Å². The summed E-state index contributed by atoms with van der Waals surface area (Å²) in [5.74, 6) is 0.628. The Balaban J connectivity index is 0.000000810. The summed E-state index contributed by atoms with van der Waals surface area (Å²) in [6.45, 7) is 2.19. The van der Waals surface area contributed by atoms with Gasteiger partial charge in [-0.1, -0.05) is 0 Å². The van der Waals surface area contributed by atoms with Crippen LogP contribution in [0.15, 0.2) is 0 Å². The quantitative estimate of drug-likeness (QED) is 0.628. The van der Waals surface area contributed by atoms with Gasteiger partial charge in [-0.2, -0.15) is 5.26 Å². The van der Waals surface area contributed by atoms with E-state index >= 15 is 0 Å². The Morgan fingerprint density at radius 1 is 1.60 bits per heavy atom. The molecule has 1 heterocycles.